The first kappa shape index (κ1) is 18.2. The summed E-state index contributed by atoms with van der Waals surface area (Å²) in [5.74, 6) is -3.15. The number of hydrogen-bond acceptors (Lipinski definition) is 5. The smallest absolute Gasteiger partial charge is 0.337 e. The predicted molar refractivity (Wildman–Crippen MR) is 98.0 cm³/mol. The summed E-state index contributed by atoms with van der Waals surface area (Å²) >= 11 is 6.13. The average Bonchev–Trinajstić information content (AvgIpc) is 3.17. The number of fused-ring (bicyclic) bond motifs is 1. The highest BCUT2D eigenvalue weighted by Gasteiger charge is 2.42. The Bertz CT molecular complexity index is 971. The van der Waals surface area contributed by atoms with E-state index in [0.717, 1.165) is 5.56 Å². The average molecular weight is 399 g/mol. The van der Waals surface area contributed by atoms with Crippen LogP contribution in [0.1, 0.15) is 32.7 Å². The van der Waals surface area contributed by atoms with Gasteiger partial charge in [0.2, 0.25) is 5.91 Å². The number of nitrogens with zero attached hydrogens (tertiary/aromatic N) is 2. The number of imide groups is 1. The van der Waals surface area contributed by atoms with E-state index in [0.29, 0.717) is 10.1 Å². The number of likely N-dealkylation sites (tertiary alicyclic amines) is 1. The minimum absolute atomic E-state index is 0.0492. The lowest BCUT2D eigenvalue weighted by molar-refractivity contribution is -0.173. The van der Waals surface area contributed by atoms with Gasteiger partial charge in [-0.15, -0.1) is 0 Å². The SMILES string of the molecule is O=C(ON1C(=O)c2ccccc2C1=O)C1CC(=O)N(Cc2ccccc2Cl)C1. The molecule has 8 heteroatoms. The third-order valence-electron chi connectivity index (χ3n) is 4.80. The Kier molecular flexibility index (Phi) is 4.60. The van der Waals surface area contributed by atoms with Crippen LogP contribution < -0.4 is 0 Å². The molecule has 0 aromatic heterocycles. The Morgan fingerprint density at radius 1 is 1.00 bits per heavy atom. The quantitative estimate of drug-likeness (QED) is 0.738. The molecule has 1 saturated heterocycles. The number of benzene rings is 2. The number of hydroxylamine groups is 2. The molecule has 2 aliphatic rings. The molecule has 1 unspecified atom stereocenters. The van der Waals surface area contributed by atoms with Gasteiger partial charge in [-0.05, 0) is 23.8 Å². The molecule has 1 fully saturated rings. The highest BCUT2D eigenvalue weighted by atomic mass is 35.5. The standard InChI is InChI=1S/C20H15ClN2O5/c21-16-8-4-1-5-12(16)10-22-11-13(9-17(22)24)20(27)28-23-18(25)14-6-2-3-7-15(14)19(23)26/h1-8,13H,9-11H2. The van der Waals surface area contributed by atoms with E-state index in [1.807, 2.05) is 6.07 Å². The molecule has 2 aliphatic heterocycles. The second-order valence-corrected chi connectivity index (χ2v) is 7.03. The maximum absolute atomic E-state index is 12.5. The van der Waals surface area contributed by atoms with Crippen LogP contribution in [0.3, 0.4) is 0 Å². The fourth-order valence-corrected chi connectivity index (χ4v) is 3.53. The van der Waals surface area contributed by atoms with Crippen LogP contribution in [0.25, 0.3) is 0 Å². The zero-order chi connectivity index (χ0) is 19.8. The van der Waals surface area contributed by atoms with Crippen LogP contribution in [0.4, 0.5) is 0 Å². The van der Waals surface area contributed by atoms with Crippen LogP contribution in [-0.2, 0) is 21.0 Å². The Morgan fingerprint density at radius 2 is 1.61 bits per heavy atom. The van der Waals surface area contributed by atoms with E-state index < -0.39 is 23.7 Å². The van der Waals surface area contributed by atoms with Crippen LogP contribution in [0, 0.1) is 5.92 Å². The molecule has 0 N–H and O–H groups in total. The summed E-state index contributed by atoms with van der Waals surface area (Å²) in [4.78, 5) is 55.9. The lowest BCUT2D eigenvalue weighted by Gasteiger charge is -2.18. The molecule has 7 nitrogen and oxygen atoms in total. The lowest BCUT2D eigenvalue weighted by atomic mass is 10.1. The van der Waals surface area contributed by atoms with Crippen LogP contribution >= 0.6 is 11.6 Å². The molecular formula is C20H15ClN2O5. The summed E-state index contributed by atoms with van der Waals surface area (Å²) < 4.78 is 0. The minimum atomic E-state index is -0.787. The van der Waals surface area contributed by atoms with E-state index in [-0.39, 0.29) is 36.5 Å². The molecule has 2 heterocycles. The summed E-state index contributed by atoms with van der Waals surface area (Å²) in [5, 5.41) is 1.00. The Morgan fingerprint density at radius 3 is 2.25 bits per heavy atom. The van der Waals surface area contributed by atoms with E-state index in [9.17, 15) is 19.2 Å². The van der Waals surface area contributed by atoms with Gasteiger partial charge in [0.15, 0.2) is 0 Å². The maximum Gasteiger partial charge on any atom is 0.338 e. The molecule has 0 radical (unpaired) electrons. The van der Waals surface area contributed by atoms with Crippen molar-refractivity contribution in [2.24, 2.45) is 5.92 Å². The fraction of sp³-hybridized carbons (Fsp3) is 0.200. The van der Waals surface area contributed by atoms with E-state index in [1.54, 1.807) is 30.3 Å². The summed E-state index contributed by atoms with van der Waals surface area (Å²) in [7, 11) is 0. The van der Waals surface area contributed by atoms with Crippen LogP contribution in [0.5, 0.6) is 0 Å². The van der Waals surface area contributed by atoms with E-state index >= 15 is 0 Å². The van der Waals surface area contributed by atoms with Gasteiger partial charge >= 0.3 is 5.97 Å². The minimum Gasteiger partial charge on any atom is -0.337 e. The third-order valence-corrected chi connectivity index (χ3v) is 5.17. The summed E-state index contributed by atoms with van der Waals surface area (Å²) in [6.07, 6.45) is -0.0492. The topological polar surface area (TPSA) is 84.0 Å². The normalized spacial score (nSPS) is 18.6. The monoisotopic (exact) mass is 398 g/mol. The van der Waals surface area contributed by atoms with E-state index in [1.165, 1.54) is 17.0 Å². The molecular weight excluding hydrogens is 384 g/mol. The van der Waals surface area contributed by atoms with Crippen LogP contribution in [0.15, 0.2) is 48.5 Å². The molecule has 28 heavy (non-hydrogen) atoms. The summed E-state index contributed by atoms with van der Waals surface area (Å²) in [5.41, 5.74) is 1.14. The van der Waals surface area contributed by atoms with Crippen molar-refractivity contribution in [3.05, 3.63) is 70.2 Å². The van der Waals surface area contributed by atoms with E-state index in [2.05, 4.69) is 0 Å². The largest absolute Gasteiger partial charge is 0.338 e. The first-order valence-electron chi connectivity index (χ1n) is 8.66. The van der Waals surface area contributed by atoms with Crippen molar-refractivity contribution in [3.63, 3.8) is 0 Å². The van der Waals surface area contributed by atoms with Gasteiger partial charge in [0.05, 0.1) is 17.0 Å². The Hall–Kier alpha value is -3.19. The number of carbonyl (C=O) groups is 4. The molecule has 3 amide bonds. The van der Waals surface area contributed by atoms with Crippen LogP contribution in [0.2, 0.25) is 5.02 Å². The van der Waals surface area contributed by atoms with Gasteiger partial charge in [-0.3, -0.25) is 14.4 Å². The van der Waals surface area contributed by atoms with Crippen molar-refractivity contribution >= 4 is 35.3 Å². The lowest BCUT2D eigenvalue weighted by Crippen LogP contribution is -2.35. The third kappa shape index (κ3) is 3.14. The van der Waals surface area contributed by atoms with Crippen molar-refractivity contribution in [2.75, 3.05) is 6.54 Å². The van der Waals surface area contributed by atoms with Gasteiger partial charge in [0, 0.05) is 24.5 Å². The molecule has 2 aromatic rings. The van der Waals surface area contributed by atoms with Gasteiger partial charge < -0.3 is 9.74 Å². The van der Waals surface area contributed by atoms with Crippen molar-refractivity contribution in [1.82, 2.24) is 9.96 Å². The van der Waals surface area contributed by atoms with Crippen molar-refractivity contribution in [3.8, 4) is 0 Å². The summed E-state index contributed by atoms with van der Waals surface area (Å²) in [6.45, 7) is 0.404. The molecule has 1 atom stereocenters. The number of rotatable bonds is 4. The number of halogens is 1. The van der Waals surface area contributed by atoms with Crippen molar-refractivity contribution in [2.45, 2.75) is 13.0 Å². The maximum atomic E-state index is 12.5. The second-order valence-electron chi connectivity index (χ2n) is 6.63. The number of hydrogen-bond donors (Lipinski definition) is 0. The highest BCUT2D eigenvalue weighted by Crippen LogP contribution is 2.27. The second kappa shape index (κ2) is 7.09. The molecule has 0 bridgehead atoms. The van der Waals surface area contributed by atoms with Crippen LogP contribution in [-0.4, -0.2) is 40.2 Å². The first-order valence-corrected chi connectivity index (χ1v) is 9.04. The highest BCUT2D eigenvalue weighted by molar-refractivity contribution is 6.31. The fourth-order valence-electron chi connectivity index (χ4n) is 3.33. The van der Waals surface area contributed by atoms with Gasteiger partial charge in [-0.25, -0.2) is 4.79 Å². The van der Waals surface area contributed by atoms with Gasteiger partial charge in [0.25, 0.3) is 11.8 Å². The molecule has 0 aliphatic carbocycles. The molecule has 2 aromatic carbocycles. The molecule has 0 saturated carbocycles. The predicted octanol–water partition coefficient (Wildman–Crippen LogP) is 2.44. The van der Waals surface area contributed by atoms with E-state index in [4.69, 9.17) is 16.4 Å². The Balaban J connectivity index is 1.43. The first-order chi connectivity index (χ1) is 13.5. The summed E-state index contributed by atoms with van der Waals surface area (Å²) in [6, 6.07) is 13.4. The molecule has 4 rings (SSSR count). The molecule has 142 valence electrons. The van der Waals surface area contributed by atoms with Gasteiger partial charge in [-0.2, -0.15) is 0 Å². The van der Waals surface area contributed by atoms with Gasteiger partial charge in [0.1, 0.15) is 0 Å². The zero-order valence-corrected chi connectivity index (χ0v) is 15.4. The van der Waals surface area contributed by atoms with Crippen molar-refractivity contribution in [1.29, 1.82) is 0 Å². The van der Waals surface area contributed by atoms with Gasteiger partial charge in [-0.1, -0.05) is 47.0 Å². The number of carbonyl (C=O) groups excluding carboxylic acids is 4. The zero-order valence-electron chi connectivity index (χ0n) is 14.6. The molecule has 0 spiro atoms. The number of amides is 3. The Labute approximate surface area is 165 Å². The van der Waals surface area contributed by atoms with Crippen molar-refractivity contribution < 1.29 is 24.0 Å².